The highest BCUT2D eigenvalue weighted by Gasteiger charge is 2.29. The van der Waals surface area contributed by atoms with Gasteiger partial charge in [0.05, 0.1) is 0 Å². The Balaban J connectivity index is 2.39. The number of hydrogen-bond acceptors (Lipinski definition) is 1. The Bertz CT molecular complexity index is 364. The number of amides is 1. The first-order valence-electron chi connectivity index (χ1n) is 4.70. The minimum absolute atomic E-state index is 0.0101. The highest BCUT2D eigenvalue weighted by molar-refractivity contribution is 6.29. The molecular formula is C11H12ClNO. The summed E-state index contributed by atoms with van der Waals surface area (Å²) in [6, 6.07) is 8.22. The monoisotopic (exact) mass is 209 g/mol. The van der Waals surface area contributed by atoms with Crippen molar-refractivity contribution in [2.24, 2.45) is 0 Å². The van der Waals surface area contributed by atoms with E-state index in [4.69, 9.17) is 11.6 Å². The van der Waals surface area contributed by atoms with Crippen molar-refractivity contribution < 1.29 is 4.79 Å². The predicted octanol–water partition coefficient (Wildman–Crippen LogP) is 2.20. The highest BCUT2D eigenvalue weighted by atomic mass is 35.5. The number of carbonyl (C=O) groups excluding carboxylic acids is 1. The SMILES string of the molecule is CC1Cc2ccccc2N1C(=O)CCl. The van der Waals surface area contributed by atoms with Gasteiger partial charge in [-0.05, 0) is 25.0 Å². The van der Waals surface area contributed by atoms with E-state index in [1.807, 2.05) is 25.1 Å². The summed E-state index contributed by atoms with van der Waals surface area (Å²) in [5.74, 6) is 0.0442. The van der Waals surface area contributed by atoms with Crippen LogP contribution in [-0.4, -0.2) is 17.8 Å². The largest absolute Gasteiger partial charge is 0.308 e. The summed E-state index contributed by atoms with van der Waals surface area (Å²) in [4.78, 5) is 13.4. The van der Waals surface area contributed by atoms with E-state index in [0.717, 1.165) is 12.1 Å². The lowest BCUT2D eigenvalue weighted by Crippen LogP contribution is -2.36. The molecule has 0 fully saturated rings. The molecule has 0 saturated heterocycles. The molecule has 3 heteroatoms. The van der Waals surface area contributed by atoms with Crippen LogP contribution in [0.15, 0.2) is 24.3 Å². The van der Waals surface area contributed by atoms with Gasteiger partial charge in [0.2, 0.25) is 5.91 Å². The molecule has 0 bridgehead atoms. The third kappa shape index (κ3) is 1.40. The second kappa shape index (κ2) is 3.62. The molecule has 2 nitrogen and oxygen atoms in total. The second-order valence-corrected chi connectivity index (χ2v) is 3.85. The molecular weight excluding hydrogens is 198 g/mol. The van der Waals surface area contributed by atoms with Crippen molar-refractivity contribution in [1.82, 2.24) is 0 Å². The fourth-order valence-corrected chi connectivity index (χ4v) is 2.14. The summed E-state index contributed by atoms with van der Waals surface area (Å²) in [5.41, 5.74) is 2.25. The first-order chi connectivity index (χ1) is 6.74. The summed E-state index contributed by atoms with van der Waals surface area (Å²) in [7, 11) is 0. The van der Waals surface area contributed by atoms with Crippen molar-refractivity contribution in [2.45, 2.75) is 19.4 Å². The Morgan fingerprint density at radius 3 is 3.00 bits per heavy atom. The lowest BCUT2D eigenvalue weighted by Gasteiger charge is -2.21. The molecule has 1 aliphatic heterocycles. The van der Waals surface area contributed by atoms with Crippen LogP contribution in [0.3, 0.4) is 0 Å². The van der Waals surface area contributed by atoms with Crippen molar-refractivity contribution >= 4 is 23.2 Å². The smallest absolute Gasteiger partial charge is 0.242 e. The zero-order valence-electron chi connectivity index (χ0n) is 8.03. The van der Waals surface area contributed by atoms with E-state index in [1.54, 1.807) is 4.90 Å². The van der Waals surface area contributed by atoms with Gasteiger partial charge in [-0.25, -0.2) is 0 Å². The average molecular weight is 210 g/mol. The van der Waals surface area contributed by atoms with Gasteiger partial charge in [0.25, 0.3) is 0 Å². The summed E-state index contributed by atoms with van der Waals surface area (Å²) >= 11 is 5.57. The molecule has 0 aliphatic carbocycles. The lowest BCUT2D eigenvalue weighted by atomic mass is 10.1. The third-order valence-corrected chi connectivity index (χ3v) is 2.82. The molecule has 2 rings (SSSR count). The number of carbonyl (C=O) groups is 1. The molecule has 0 radical (unpaired) electrons. The van der Waals surface area contributed by atoms with Crippen LogP contribution in [0.2, 0.25) is 0 Å². The summed E-state index contributed by atoms with van der Waals surface area (Å²) in [6.45, 7) is 2.05. The van der Waals surface area contributed by atoms with Gasteiger partial charge in [0, 0.05) is 11.7 Å². The lowest BCUT2D eigenvalue weighted by molar-refractivity contribution is -0.116. The molecule has 1 atom stereocenters. The predicted molar refractivity (Wildman–Crippen MR) is 57.8 cm³/mol. The normalized spacial score (nSPS) is 19.6. The highest BCUT2D eigenvalue weighted by Crippen LogP contribution is 2.31. The van der Waals surface area contributed by atoms with Gasteiger partial charge in [0.15, 0.2) is 0 Å². The van der Waals surface area contributed by atoms with E-state index in [-0.39, 0.29) is 17.8 Å². The van der Waals surface area contributed by atoms with Gasteiger partial charge in [-0.2, -0.15) is 0 Å². The van der Waals surface area contributed by atoms with Gasteiger partial charge in [-0.3, -0.25) is 4.79 Å². The van der Waals surface area contributed by atoms with Gasteiger partial charge >= 0.3 is 0 Å². The number of benzene rings is 1. The Labute approximate surface area is 88.5 Å². The Hall–Kier alpha value is -1.02. The number of anilines is 1. The maximum absolute atomic E-state index is 11.6. The zero-order valence-corrected chi connectivity index (χ0v) is 8.79. The first-order valence-corrected chi connectivity index (χ1v) is 5.23. The number of fused-ring (bicyclic) bond motifs is 1. The molecule has 1 amide bonds. The minimum Gasteiger partial charge on any atom is -0.308 e. The molecule has 1 heterocycles. The molecule has 0 N–H and O–H groups in total. The number of nitrogens with zero attached hydrogens (tertiary/aromatic N) is 1. The van der Waals surface area contributed by atoms with E-state index < -0.39 is 0 Å². The number of para-hydroxylation sites is 1. The Morgan fingerprint density at radius 1 is 1.57 bits per heavy atom. The van der Waals surface area contributed by atoms with Gasteiger partial charge in [-0.15, -0.1) is 11.6 Å². The molecule has 0 aromatic heterocycles. The Morgan fingerprint density at radius 2 is 2.29 bits per heavy atom. The number of alkyl halides is 1. The van der Waals surface area contributed by atoms with Crippen LogP contribution in [0.1, 0.15) is 12.5 Å². The first kappa shape index (κ1) is 9.53. The zero-order chi connectivity index (χ0) is 10.1. The molecule has 14 heavy (non-hydrogen) atoms. The topological polar surface area (TPSA) is 20.3 Å². The minimum atomic E-state index is -0.0101. The van der Waals surface area contributed by atoms with Crippen LogP contribution in [-0.2, 0) is 11.2 Å². The number of halogens is 1. The third-order valence-electron chi connectivity index (χ3n) is 2.59. The fraction of sp³-hybridized carbons (Fsp3) is 0.364. The molecule has 1 aromatic carbocycles. The molecule has 0 spiro atoms. The van der Waals surface area contributed by atoms with Crippen LogP contribution < -0.4 is 4.90 Å². The van der Waals surface area contributed by atoms with E-state index in [1.165, 1.54) is 5.56 Å². The van der Waals surface area contributed by atoms with Crippen molar-refractivity contribution in [3.63, 3.8) is 0 Å². The number of rotatable bonds is 1. The van der Waals surface area contributed by atoms with Crippen LogP contribution in [0.25, 0.3) is 0 Å². The van der Waals surface area contributed by atoms with Crippen LogP contribution in [0.5, 0.6) is 0 Å². The summed E-state index contributed by atoms with van der Waals surface area (Å²) < 4.78 is 0. The Kier molecular flexibility index (Phi) is 2.46. The van der Waals surface area contributed by atoms with Crippen LogP contribution >= 0.6 is 11.6 Å². The van der Waals surface area contributed by atoms with E-state index in [2.05, 4.69) is 6.07 Å². The van der Waals surface area contributed by atoms with Crippen molar-refractivity contribution in [1.29, 1.82) is 0 Å². The fourth-order valence-electron chi connectivity index (χ4n) is 2.01. The quantitative estimate of drug-likeness (QED) is 0.650. The van der Waals surface area contributed by atoms with E-state index in [0.29, 0.717) is 0 Å². The van der Waals surface area contributed by atoms with E-state index in [9.17, 15) is 4.79 Å². The van der Waals surface area contributed by atoms with Crippen molar-refractivity contribution in [3.05, 3.63) is 29.8 Å². The van der Waals surface area contributed by atoms with Crippen molar-refractivity contribution in [3.8, 4) is 0 Å². The standard InChI is InChI=1S/C11H12ClNO/c1-8-6-9-4-2-3-5-10(9)13(8)11(14)7-12/h2-5,8H,6-7H2,1H3. The van der Waals surface area contributed by atoms with Gasteiger partial charge < -0.3 is 4.90 Å². The number of hydrogen-bond donors (Lipinski definition) is 0. The molecule has 0 saturated carbocycles. The maximum atomic E-state index is 11.6. The van der Waals surface area contributed by atoms with Gasteiger partial charge in [0.1, 0.15) is 5.88 Å². The average Bonchev–Trinajstić information content (AvgIpc) is 2.53. The van der Waals surface area contributed by atoms with Crippen LogP contribution in [0.4, 0.5) is 5.69 Å². The summed E-state index contributed by atoms with van der Waals surface area (Å²) in [5, 5.41) is 0. The molecule has 1 unspecified atom stereocenters. The van der Waals surface area contributed by atoms with Gasteiger partial charge in [-0.1, -0.05) is 18.2 Å². The van der Waals surface area contributed by atoms with E-state index >= 15 is 0 Å². The molecule has 1 aromatic rings. The second-order valence-electron chi connectivity index (χ2n) is 3.58. The van der Waals surface area contributed by atoms with Crippen molar-refractivity contribution in [2.75, 3.05) is 10.8 Å². The molecule has 74 valence electrons. The molecule has 1 aliphatic rings. The van der Waals surface area contributed by atoms with Crippen LogP contribution in [0, 0.1) is 0 Å². The maximum Gasteiger partial charge on any atom is 0.242 e. The summed E-state index contributed by atoms with van der Waals surface area (Å²) in [6.07, 6.45) is 0.929.